The second-order valence-corrected chi connectivity index (χ2v) is 7.57. The van der Waals surface area contributed by atoms with Crippen LogP contribution in [0.5, 0.6) is 0 Å². The molecule has 0 aromatic heterocycles. The van der Waals surface area contributed by atoms with Gasteiger partial charge in [0.25, 0.3) is 0 Å². The van der Waals surface area contributed by atoms with Gasteiger partial charge in [0.05, 0.1) is 12.5 Å². The summed E-state index contributed by atoms with van der Waals surface area (Å²) in [6.45, 7) is 0. The summed E-state index contributed by atoms with van der Waals surface area (Å²) in [7, 11) is 0.209. The van der Waals surface area contributed by atoms with E-state index in [9.17, 15) is 5.11 Å². The molecule has 94 valence electrons. The Morgan fingerprint density at radius 2 is 1.65 bits per heavy atom. The molecule has 1 N–H and O–H groups in total. The third-order valence-electron chi connectivity index (χ3n) is 3.78. The van der Waals surface area contributed by atoms with Gasteiger partial charge in [0.1, 0.15) is 5.60 Å². The molecule has 0 spiro atoms. The van der Waals surface area contributed by atoms with Gasteiger partial charge in [0, 0.05) is 5.56 Å². The first kappa shape index (κ1) is 13.0. The van der Waals surface area contributed by atoms with Crippen LogP contribution in [0, 0.1) is 0 Å². The number of hydrogen-bond acceptors (Lipinski definition) is 1. The van der Waals surface area contributed by atoms with Gasteiger partial charge in [0.2, 0.25) is 0 Å². The second kappa shape index (κ2) is 5.45. The van der Waals surface area contributed by atoms with Gasteiger partial charge >= 0.3 is 0 Å². The molecule has 1 aromatic rings. The molecule has 1 saturated carbocycles. The van der Waals surface area contributed by atoms with Crippen molar-refractivity contribution < 1.29 is 5.11 Å². The number of benzene rings is 1. The SMILES string of the molecule is C[S+](C)[C@@H](c1ccccc1)C1(O)CCCCC1. The molecule has 17 heavy (non-hydrogen) atoms. The van der Waals surface area contributed by atoms with Crippen LogP contribution in [0.2, 0.25) is 0 Å². The Balaban J connectivity index is 2.28. The maximum Gasteiger partial charge on any atom is 0.171 e. The summed E-state index contributed by atoms with van der Waals surface area (Å²) in [5.41, 5.74) is 0.844. The van der Waals surface area contributed by atoms with Gasteiger partial charge in [0.15, 0.2) is 5.25 Å². The highest BCUT2D eigenvalue weighted by molar-refractivity contribution is 7.95. The molecule has 1 aliphatic carbocycles. The van der Waals surface area contributed by atoms with Crippen LogP contribution >= 0.6 is 0 Å². The van der Waals surface area contributed by atoms with Crippen LogP contribution < -0.4 is 0 Å². The summed E-state index contributed by atoms with van der Waals surface area (Å²) in [5.74, 6) is 0. The maximum absolute atomic E-state index is 11.0. The predicted octanol–water partition coefficient (Wildman–Crippen LogP) is 3.30. The average molecular weight is 251 g/mol. The van der Waals surface area contributed by atoms with Crippen molar-refractivity contribution in [2.24, 2.45) is 0 Å². The summed E-state index contributed by atoms with van der Waals surface area (Å²) in [6, 6.07) is 10.6. The minimum Gasteiger partial charge on any atom is -0.384 e. The molecule has 0 saturated heterocycles. The van der Waals surface area contributed by atoms with Crippen LogP contribution in [0.15, 0.2) is 30.3 Å². The third kappa shape index (κ3) is 2.86. The van der Waals surface area contributed by atoms with Gasteiger partial charge in [-0.3, -0.25) is 0 Å². The predicted molar refractivity (Wildman–Crippen MR) is 76.4 cm³/mol. The monoisotopic (exact) mass is 251 g/mol. The van der Waals surface area contributed by atoms with E-state index >= 15 is 0 Å². The molecule has 0 aliphatic heterocycles. The number of aliphatic hydroxyl groups is 1. The largest absolute Gasteiger partial charge is 0.384 e. The van der Waals surface area contributed by atoms with Gasteiger partial charge in [-0.1, -0.05) is 49.6 Å². The molecule has 1 aliphatic rings. The lowest BCUT2D eigenvalue weighted by molar-refractivity contribution is 0.000968. The zero-order chi connectivity index (χ0) is 12.3. The van der Waals surface area contributed by atoms with Crippen LogP contribution in [0.1, 0.15) is 42.9 Å². The maximum atomic E-state index is 11.0. The normalized spacial score (nSPS) is 21.4. The van der Waals surface area contributed by atoms with E-state index < -0.39 is 5.60 Å². The van der Waals surface area contributed by atoms with Crippen molar-refractivity contribution in [1.29, 1.82) is 0 Å². The van der Waals surface area contributed by atoms with Gasteiger partial charge in [-0.05, 0) is 23.7 Å². The van der Waals surface area contributed by atoms with Crippen molar-refractivity contribution in [1.82, 2.24) is 0 Å². The molecule has 1 atom stereocenters. The fourth-order valence-corrected chi connectivity index (χ4v) is 4.89. The Bertz CT molecular complexity index is 341. The molecule has 2 heteroatoms. The molecular weight excluding hydrogens is 228 g/mol. The molecule has 0 radical (unpaired) electrons. The van der Waals surface area contributed by atoms with Crippen LogP contribution in [0.3, 0.4) is 0 Å². The van der Waals surface area contributed by atoms with Crippen molar-refractivity contribution in [3.63, 3.8) is 0 Å². The third-order valence-corrected chi connectivity index (χ3v) is 5.43. The zero-order valence-electron chi connectivity index (χ0n) is 10.9. The van der Waals surface area contributed by atoms with E-state index in [1.165, 1.54) is 24.8 Å². The van der Waals surface area contributed by atoms with E-state index in [1.807, 2.05) is 0 Å². The molecule has 1 fully saturated rings. The fourth-order valence-electron chi connectivity index (χ4n) is 3.08. The Labute approximate surface area is 108 Å². The van der Waals surface area contributed by atoms with Crippen LogP contribution in [-0.2, 0) is 10.9 Å². The molecule has 0 heterocycles. The van der Waals surface area contributed by atoms with Crippen molar-refractivity contribution >= 4 is 10.9 Å². The zero-order valence-corrected chi connectivity index (χ0v) is 11.7. The summed E-state index contributed by atoms with van der Waals surface area (Å²) < 4.78 is 0. The van der Waals surface area contributed by atoms with E-state index in [-0.39, 0.29) is 10.9 Å². The van der Waals surface area contributed by atoms with Gasteiger partial charge in [-0.2, -0.15) is 0 Å². The summed E-state index contributed by atoms with van der Waals surface area (Å²) in [5, 5.41) is 11.3. The lowest BCUT2D eigenvalue weighted by atomic mass is 9.80. The first-order valence-electron chi connectivity index (χ1n) is 6.47. The summed E-state index contributed by atoms with van der Waals surface area (Å²) in [6.07, 6.45) is 10.1. The summed E-state index contributed by atoms with van der Waals surface area (Å²) in [4.78, 5) is 0. The molecule has 0 amide bonds. The fraction of sp³-hybridized carbons (Fsp3) is 0.600. The first-order valence-corrected chi connectivity index (χ1v) is 8.58. The summed E-state index contributed by atoms with van der Waals surface area (Å²) >= 11 is 0. The smallest absolute Gasteiger partial charge is 0.171 e. The standard InChI is InChI=1S/C15H23OS/c1-17(2)14(13-9-5-3-6-10-13)15(16)11-7-4-8-12-15/h3,5-6,9-10,14,16H,4,7-8,11-12H2,1-2H3/q+1/t14-/m0/s1. The van der Waals surface area contributed by atoms with Crippen LogP contribution in [0.4, 0.5) is 0 Å². The van der Waals surface area contributed by atoms with E-state index in [0.29, 0.717) is 5.25 Å². The Morgan fingerprint density at radius 1 is 1.06 bits per heavy atom. The highest BCUT2D eigenvalue weighted by Crippen LogP contribution is 2.42. The average Bonchev–Trinajstić information content (AvgIpc) is 2.30. The van der Waals surface area contributed by atoms with Gasteiger partial charge in [-0.25, -0.2) is 0 Å². The minimum atomic E-state index is -0.466. The van der Waals surface area contributed by atoms with E-state index in [0.717, 1.165) is 12.8 Å². The lowest BCUT2D eigenvalue weighted by Crippen LogP contribution is -2.41. The van der Waals surface area contributed by atoms with Crippen LogP contribution in [0.25, 0.3) is 0 Å². The molecular formula is C15H23OS+. The number of rotatable bonds is 3. The number of hydrogen-bond donors (Lipinski definition) is 1. The first-order chi connectivity index (χ1) is 8.13. The lowest BCUT2D eigenvalue weighted by Gasteiger charge is -2.36. The van der Waals surface area contributed by atoms with Crippen molar-refractivity contribution in [3.8, 4) is 0 Å². The van der Waals surface area contributed by atoms with Crippen molar-refractivity contribution in [3.05, 3.63) is 35.9 Å². The molecule has 1 nitrogen and oxygen atoms in total. The highest BCUT2D eigenvalue weighted by atomic mass is 32.2. The van der Waals surface area contributed by atoms with E-state index in [1.54, 1.807) is 0 Å². The van der Waals surface area contributed by atoms with Gasteiger partial charge in [-0.15, -0.1) is 0 Å². The quantitative estimate of drug-likeness (QED) is 0.817. The molecule has 2 rings (SSSR count). The Morgan fingerprint density at radius 3 is 2.18 bits per heavy atom. The van der Waals surface area contributed by atoms with Crippen molar-refractivity contribution in [2.45, 2.75) is 43.0 Å². The van der Waals surface area contributed by atoms with E-state index in [4.69, 9.17) is 0 Å². The molecule has 0 bridgehead atoms. The molecule has 0 unspecified atom stereocenters. The second-order valence-electron chi connectivity index (χ2n) is 5.33. The van der Waals surface area contributed by atoms with Gasteiger partial charge < -0.3 is 5.11 Å². The Hall–Kier alpha value is -0.470. The highest BCUT2D eigenvalue weighted by Gasteiger charge is 2.45. The topological polar surface area (TPSA) is 20.2 Å². The van der Waals surface area contributed by atoms with Crippen LogP contribution in [-0.4, -0.2) is 23.2 Å². The van der Waals surface area contributed by atoms with Crippen molar-refractivity contribution in [2.75, 3.05) is 12.5 Å². The Kier molecular flexibility index (Phi) is 4.16. The minimum absolute atomic E-state index is 0.209. The van der Waals surface area contributed by atoms with E-state index in [2.05, 4.69) is 42.8 Å². The molecule has 1 aromatic carbocycles.